The molecule has 0 unspecified atom stereocenters. The Morgan fingerprint density at radius 2 is 1.69 bits per heavy atom. The summed E-state index contributed by atoms with van der Waals surface area (Å²) in [5.74, 6) is -0.580. The first-order valence-electron chi connectivity index (χ1n) is 4.11. The van der Waals surface area contributed by atoms with Crippen LogP contribution in [-0.2, 0) is 9.59 Å². The third-order valence-corrected chi connectivity index (χ3v) is 2.10. The lowest BCUT2D eigenvalue weighted by Crippen LogP contribution is -2.47. The van der Waals surface area contributed by atoms with E-state index >= 15 is 0 Å². The zero-order valence-electron chi connectivity index (χ0n) is 6.95. The Morgan fingerprint density at radius 3 is 2.15 bits per heavy atom. The van der Waals surface area contributed by atoms with Gasteiger partial charge in [0.1, 0.15) is 0 Å². The molecule has 0 aromatic rings. The maximum atomic E-state index is 11.2. The zero-order chi connectivity index (χ0) is 9.42. The Bertz CT molecular complexity index is 273. The molecular formula is C7H9N3O3. The molecule has 4 amide bonds. The highest BCUT2D eigenvalue weighted by Crippen LogP contribution is 2.16. The maximum absolute atomic E-state index is 11.2. The lowest BCUT2D eigenvalue weighted by Gasteiger charge is -2.23. The Balaban J connectivity index is 2.19. The molecule has 2 heterocycles. The first-order chi connectivity index (χ1) is 6.20. The van der Waals surface area contributed by atoms with Crippen LogP contribution in [0, 0.1) is 0 Å². The summed E-state index contributed by atoms with van der Waals surface area (Å²) in [5.41, 5.74) is 0. The van der Waals surface area contributed by atoms with Crippen molar-refractivity contribution in [1.82, 2.24) is 15.3 Å². The van der Waals surface area contributed by atoms with Crippen molar-refractivity contribution in [3.63, 3.8) is 0 Å². The number of carbonyl (C=O) groups is 3. The molecule has 70 valence electrons. The summed E-state index contributed by atoms with van der Waals surface area (Å²) in [6.45, 7) is 0.867. The average molecular weight is 183 g/mol. The van der Waals surface area contributed by atoms with Gasteiger partial charge in [-0.05, 0) is 0 Å². The second-order valence-electron chi connectivity index (χ2n) is 2.95. The van der Waals surface area contributed by atoms with Crippen molar-refractivity contribution >= 4 is 17.8 Å². The standard InChI is InChI=1S/C7H9N3O3/c11-5-1-2-6(12)10(5)9-4-3-8-7(9)13/h1-4H2,(H,8,13). The van der Waals surface area contributed by atoms with Crippen LogP contribution in [0.2, 0.25) is 0 Å². The van der Waals surface area contributed by atoms with Gasteiger partial charge in [-0.3, -0.25) is 9.59 Å². The molecule has 0 bridgehead atoms. The monoisotopic (exact) mass is 183 g/mol. The van der Waals surface area contributed by atoms with Gasteiger partial charge in [-0.25, -0.2) is 9.80 Å². The molecule has 0 atom stereocenters. The lowest BCUT2D eigenvalue weighted by molar-refractivity contribution is -0.151. The van der Waals surface area contributed by atoms with Crippen LogP contribution in [0.4, 0.5) is 4.79 Å². The highest BCUT2D eigenvalue weighted by Gasteiger charge is 2.38. The van der Waals surface area contributed by atoms with Gasteiger partial charge >= 0.3 is 6.03 Å². The molecule has 0 spiro atoms. The van der Waals surface area contributed by atoms with E-state index in [4.69, 9.17) is 0 Å². The normalized spacial score (nSPS) is 22.9. The van der Waals surface area contributed by atoms with E-state index in [9.17, 15) is 14.4 Å². The average Bonchev–Trinajstić information content (AvgIpc) is 2.60. The van der Waals surface area contributed by atoms with Gasteiger partial charge in [-0.2, -0.15) is 5.01 Å². The second-order valence-corrected chi connectivity index (χ2v) is 2.95. The van der Waals surface area contributed by atoms with Crippen LogP contribution in [0.1, 0.15) is 12.8 Å². The summed E-state index contributed by atoms with van der Waals surface area (Å²) in [4.78, 5) is 33.5. The van der Waals surface area contributed by atoms with Gasteiger partial charge in [0.15, 0.2) is 0 Å². The van der Waals surface area contributed by atoms with Crippen LogP contribution in [-0.4, -0.2) is 41.0 Å². The summed E-state index contributed by atoms with van der Waals surface area (Å²) < 4.78 is 0. The van der Waals surface area contributed by atoms with E-state index in [1.54, 1.807) is 0 Å². The maximum Gasteiger partial charge on any atom is 0.336 e. The van der Waals surface area contributed by atoms with E-state index in [-0.39, 0.29) is 30.7 Å². The van der Waals surface area contributed by atoms with Gasteiger partial charge in [0.05, 0.1) is 6.54 Å². The Morgan fingerprint density at radius 1 is 1.08 bits per heavy atom. The summed E-state index contributed by atoms with van der Waals surface area (Å²) in [6.07, 6.45) is 0.422. The number of amides is 4. The summed E-state index contributed by atoms with van der Waals surface area (Å²) >= 11 is 0. The highest BCUT2D eigenvalue weighted by molar-refractivity contribution is 6.03. The smallest absolute Gasteiger partial charge is 0.335 e. The van der Waals surface area contributed by atoms with Crippen LogP contribution in [0.3, 0.4) is 0 Å². The van der Waals surface area contributed by atoms with Crippen molar-refractivity contribution in [3.8, 4) is 0 Å². The molecule has 13 heavy (non-hydrogen) atoms. The van der Waals surface area contributed by atoms with Crippen molar-refractivity contribution in [2.45, 2.75) is 12.8 Å². The molecule has 1 N–H and O–H groups in total. The minimum atomic E-state index is -0.372. The molecule has 0 aromatic heterocycles. The fourth-order valence-corrected chi connectivity index (χ4v) is 1.49. The summed E-state index contributed by atoms with van der Waals surface area (Å²) in [5, 5.41) is 4.64. The van der Waals surface area contributed by atoms with Gasteiger partial charge in [-0.1, -0.05) is 0 Å². The minimum Gasteiger partial charge on any atom is -0.335 e. The van der Waals surface area contributed by atoms with Crippen molar-refractivity contribution in [1.29, 1.82) is 0 Å². The third-order valence-electron chi connectivity index (χ3n) is 2.10. The van der Waals surface area contributed by atoms with Crippen LogP contribution in [0.5, 0.6) is 0 Å². The number of nitrogens with zero attached hydrogens (tertiary/aromatic N) is 2. The molecule has 0 saturated carbocycles. The number of imide groups is 1. The van der Waals surface area contributed by atoms with E-state index in [2.05, 4.69) is 5.32 Å². The molecule has 0 aromatic carbocycles. The van der Waals surface area contributed by atoms with Gasteiger partial charge < -0.3 is 5.32 Å². The third kappa shape index (κ3) is 1.14. The number of rotatable bonds is 1. The number of urea groups is 1. The van der Waals surface area contributed by atoms with Crippen molar-refractivity contribution in [3.05, 3.63) is 0 Å². The van der Waals surface area contributed by atoms with E-state index < -0.39 is 0 Å². The van der Waals surface area contributed by atoms with Crippen LogP contribution in [0.25, 0.3) is 0 Å². The first-order valence-corrected chi connectivity index (χ1v) is 4.11. The van der Waals surface area contributed by atoms with Gasteiger partial charge in [0.25, 0.3) is 0 Å². The minimum absolute atomic E-state index is 0.211. The molecule has 0 radical (unpaired) electrons. The molecule has 2 fully saturated rings. The van der Waals surface area contributed by atoms with E-state index in [0.717, 1.165) is 10.0 Å². The zero-order valence-corrected chi connectivity index (χ0v) is 6.95. The second kappa shape index (κ2) is 2.72. The van der Waals surface area contributed by atoms with E-state index in [1.807, 2.05) is 0 Å². The number of hydrogen-bond donors (Lipinski definition) is 1. The fourth-order valence-electron chi connectivity index (χ4n) is 1.49. The van der Waals surface area contributed by atoms with Crippen LogP contribution >= 0.6 is 0 Å². The predicted octanol–water partition coefficient (Wildman–Crippen LogP) is -0.924. The summed E-state index contributed by atoms with van der Waals surface area (Å²) in [6, 6.07) is -0.372. The summed E-state index contributed by atoms with van der Waals surface area (Å²) in [7, 11) is 0. The first kappa shape index (κ1) is 8.03. The molecule has 2 aliphatic rings. The Labute approximate surface area is 74.4 Å². The largest absolute Gasteiger partial charge is 0.336 e. The molecule has 2 aliphatic heterocycles. The highest BCUT2D eigenvalue weighted by atomic mass is 16.2. The number of nitrogens with one attached hydrogen (secondary N) is 1. The van der Waals surface area contributed by atoms with Gasteiger partial charge in [0.2, 0.25) is 11.8 Å². The predicted molar refractivity (Wildman–Crippen MR) is 41.2 cm³/mol. The van der Waals surface area contributed by atoms with E-state index in [1.165, 1.54) is 0 Å². The van der Waals surface area contributed by atoms with Crippen molar-refractivity contribution in [2.75, 3.05) is 13.1 Å². The SMILES string of the molecule is O=C1NCCN1N1C(=O)CCC1=O. The topological polar surface area (TPSA) is 69.7 Å². The van der Waals surface area contributed by atoms with Gasteiger partial charge in [-0.15, -0.1) is 0 Å². The van der Waals surface area contributed by atoms with Crippen LogP contribution < -0.4 is 5.32 Å². The number of carbonyl (C=O) groups excluding carboxylic acids is 3. The van der Waals surface area contributed by atoms with E-state index in [0.29, 0.717) is 13.1 Å². The number of hydrazine groups is 1. The van der Waals surface area contributed by atoms with Crippen molar-refractivity contribution in [2.24, 2.45) is 0 Å². The number of hydrogen-bond acceptors (Lipinski definition) is 3. The molecule has 6 nitrogen and oxygen atoms in total. The Kier molecular flexibility index (Phi) is 1.68. The van der Waals surface area contributed by atoms with Gasteiger partial charge in [0, 0.05) is 19.4 Å². The lowest BCUT2D eigenvalue weighted by atomic mass is 10.4. The molecule has 6 heteroatoms. The molecular weight excluding hydrogens is 174 g/mol. The molecule has 2 saturated heterocycles. The fraction of sp³-hybridized carbons (Fsp3) is 0.571. The van der Waals surface area contributed by atoms with Crippen molar-refractivity contribution < 1.29 is 14.4 Å². The quantitative estimate of drug-likeness (QED) is 0.534. The Hall–Kier alpha value is -1.59. The molecule has 2 rings (SSSR count). The molecule has 0 aliphatic carbocycles. The van der Waals surface area contributed by atoms with Crippen LogP contribution in [0.15, 0.2) is 0 Å².